The minimum atomic E-state index is -0.301. The normalized spacial score (nSPS) is 13.3. The SMILES string of the molecule is O=C(NCc1ccc(F)cc1)c1nnc(CN2CCCc3cc(Cl)ccc32)s1. The first-order valence-corrected chi connectivity index (χ1v) is 10.2. The van der Waals surface area contributed by atoms with E-state index in [1.54, 1.807) is 12.1 Å². The Balaban J connectivity index is 1.39. The molecule has 8 heteroatoms. The number of carbonyl (C=O) groups is 1. The summed E-state index contributed by atoms with van der Waals surface area (Å²) in [6, 6.07) is 12.0. The van der Waals surface area contributed by atoms with Gasteiger partial charge in [0.2, 0.25) is 5.01 Å². The monoisotopic (exact) mass is 416 g/mol. The molecule has 0 aliphatic carbocycles. The summed E-state index contributed by atoms with van der Waals surface area (Å²) in [6.07, 6.45) is 2.07. The molecule has 0 unspecified atom stereocenters. The van der Waals surface area contributed by atoms with Crippen LogP contribution < -0.4 is 10.2 Å². The molecule has 1 amide bonds. The second-order valence-corrected chi connectivity index (χ2v) is 8.11. The van der Waals surface area contributed by atoms with Gasteiger partial charge >= 0.3 is 0 Å². The third-order valence-electron chi connectivity index (χ3n) is 4.61. The van der Waals surface area contributed by atoms with E-state index in [1.165, 1.54) is 29.0 Å². The quantitative estimate of drug-likeness (QED) is 0.676. The van der Waals surface area contributed by atoms with E-state index in [2.05, 4.69) is 20.4 Å². The van der Waals surface area contributed by atoms with Crippen LogP contribution in [0.3, 0.4) is 0 Å². The van der Waals surface area contributed by atoms with Crippen LogP contribution in [0.15, 0.2) is 42.5 Å². The van der Waals surface area contributed by atoms with Crippen LogP contribution in [0.4, 0.5) is 10.1 Å². The molecule has 1 aromatic heterocycles. The van der Waals surface area contributed by atoms with Crippen LogP contribution in [0.2, 0.25) is 5.02 Å². The molecule has 0 radical (unpaired) electrons. The van der Waals surface area contributed by atoms with Crippen LogP contribution in [0.5, 0.6) is 0 Å². The predicted molar refractivity (Wildman–Crippen MR) is 108 cm³/mol. The number of aryl methyl sites for hydroxylation is 1. The van der Waals surface area contributed by atoms with Crippen LogP contribution in [0, 0.1) is 5.82 Å². The van der Waals surface area contributed by atoms with Gasteiger partial charge in [0.1, 0.15) is 10.8 Å². The molecule has 1 aliphatic rings. The average Bonchev–Trinajstić information content (AvgIpc) is 3.16. The van der Waals surface area contributed by atoms with Gasteiger partial charge in [-0.05, 0) is 54.3 Å². The Bertz CT molecular complexity index is 992. The molecule has 2 aromatic carbocycles. The van der Waals surface area contributed by atoms with Gasteiger partial charge in [0, 0.05) is 23.8 Å². The minimum absolute atomic E-state index is 0.279. The van der Waals surface area contributed by atoms with Crippen molar-refractivity contribution < 1.29 is 9.18 Å². The number of amides is 1. The lowest BCUT2D eigenvalue weighted by atomic mass is 10.0. The molecule has 5 nitrogen and oxygen atoms in total. The fraction of sp³-hybridized carbons (Fsp3) is 0.250. The van der Waals surface area contributed by atoms with Crippen molar-refractivity contribution in [2.75, 3.05) is 11.4 Å². The molecule has 1 aliphatic heterocycles. The van der Waals surface area contributed by atoms with Crippen LogP contribution in [0.1, 0.15) is 32.4 Å². The van der Waals surface area contributed by atoms with Crippen molar-refractivity contribution in [3.8, 4) is 0 Å². The van der Waals surface area contributed by atoms with Crippen LogP contribution in [-0.4, -0.2) is 22.6 Å². The van der Waals surface area contributed by atoms with E-state index >= 15 is 0 Å². The molecule has 2 heterocycles. The zero-order valence-electron chi connectivity index (χ0n) is 15.0. The lowest BCUT2D eigenvalue weighted by molar-refractivity contribution is 0.0950. The number of nitrogens with zero attached hydrogens (tertiary/aromatic N) is 3. The zero-order valence-corrected chi connectivity index (χ0v) is 16.6. The number of rotatable bonds is 5. The Labute approximate surface area is 171 Å². The Hall–Kier alpha value is -2.51. The summed E-state index contributed by atoms with van der Waals surface area (Å²) < 4.78 is 12.9. The molecule has 0 spiro atoms. The molecule has 1 N–H and O–H groups in total. The number of anilines is 1. The fourth-order valence-electron chi connectivity index (χ4n) is 3.24. The van der Waals surface area contributed by atoms with Crippen molar-refractivity contribution in [3.63, 3.8) is 0 Å². The second-order valence-electron chi connectivity index (χ2n) is 6.61. The second kappa shape index (κ2) is 8.24. The maximum atomic E-state index is 12.9. The summed E-state index contributed by atoms with van der Waals surface area (Å²) in [5.74, 6) is -0.579. The highest BCUT2D eigenvalue weighted by Gasteiger charge is 2.20. The largest absolute Gasteiger partial charge is 0.364 e. The third-order valence-corrected chi connectivity index (χ3v) is 5.75. The van der Waals surface area contributed by atoms with Gasteiger partial charge in [-0.15, -0.1) is 10.2 Å². The van der Waals surface area contributed by atoms with Crippen molar-refractivity contribution in [1.29, 1.82) is 0 Å². The van der Waals surface area contributed by atoms with E-state index in [1.807, 2.05) is 18.2 Å². The average molecular weight is 417 g/mol. The lowest BCUT2D eigenvalue weighted by Gasteiger charge is -2.30. The van der Waals surface area contributed by atoms with E-state index < -0.39 is 0 Å². The number of carbonyl (C=O) groups excluding carboxylic acids is 1. The number of nitrogens with one attached hydrogen (secondary N) is 1. The summed E-state index contributed by atoms with van der Waals surface area (Å²) in [5.41, 5.74) is 3.22. The smallest absolute Gasteiger partial charge is 0.282 e. The number of benzene rings is 2. The summed E-state index contributed by atoms with van der Waals surface area (Å²) >= 11 is 7.39. The standard InChI is InChI=1S/C20H18ClFN4OS/c21-15-5-8-17-14(10-15)2-1-9-26(17)12-18-24-25-20(28-18)19(27)23-11-13-3-6-16(22)7-4-13/h3-8,10H,1-2,9,11-12H2,(H,23,27). The Morgan fingerprint density at radius 3 is 2.86 bits per heavy atom. The first kappa shape index (κ1) is 18.8. The maximum Gasteiger partial charge on any atom is 0.282 e. The van der Waals surface area contributed by atoms with Crippen molar-refractivity contribution in [2.24, 2.45) is 0 Å². The van der Waals surface area contributed by atoms with Crippen LogP contribution in [-0.2, 0) is 19.5 Å². The summed E-state index contributed by atoms with van der Waals surface area (Å²) in [5, 5.41) is 12.9. The molecule has 0 saturated carbocycles. The molecule has 28 heavy (non-hydrogen) atoms. The van der Waals surface area contributed by atoms with Crippen molar-refractivity contribution in [3.05, 3.63) is 74.4 Å². The highest BCUT2D eigenvalue weighted by atomic mass is 35.5. The van der Waals surface area contributed by atoms with Gasteiger partial charge in [-0.1, -0.05) is 35.1 Å². The molecular formula is C20H18ClFN4OS. The lowest BCUT2D eigenvalue weighted by Crippen LogP contribution is -2.28. The van der Waals surface area contributed by atoms with Crippen molar-refractivity contribution >= 4 is 34.5 Å². The molecule has 0 fully saturated rings. The highest BCUT2D eigenvalue weighted by Crippen LogP contribution is 2.31. The number of hydrogen-bond donors (Lipinski definition) is 1. The molecule has 0 atom stereocenters. The Morgan fingerprint density at radius 2 is 2.04 bits per heavy atom. The number of hydrogen-bond acceptors (Lipinski definition) is 5. The van der Waals surface area contributed by atoms with E-state index in [-0.39, 0.29) is 11.7 Å². The maximum absolute atomic E-state index is 12.9. The third kappa shape index (κ3) is 4.31. The molecule has 0 saturated heterocycles. The van der Waals surface area contributed by atoms with Crippen LogP contribution in [0.25, 0.3) is 0 Å². The Kier molecular flexibility index (Phi) is 5.54. The van der Waals surface area contributed by atoms with Crippen molar-refractivity contribution in [2.45, 2.75) is 25.9 Å². The van der Waals surface area contributed by atoms with Gasteiger partial charge in [-0.2, -0.15) is 0 Å². The van der Waals surface area contributed by atoms with E-state index in [9.17, 15) is 9.18 Å². The first-order valence-electron chi connectivity index (χ1n) is 8.97. The first-order chi connectivity index (χ1) is 13.6. The van der Waals surface area contributed by atoms with Gasteiger partial charge in [-0.3, -0.25) is 4.79 Å². The summed E-state index contributed by atoms with van der Waals surface area (Å²) in [6.45, 7) is 1.85. The fourth-order valence-corrected chi connectivity index (χ4v) is 4.21. The summed E-state index contributed by atoms with van der Waals surface area (Å²) in [7, 11) is 0. The van der Waals surface area contributed by atoms with Crippen LogP contribution >= 0.6 is 22.9 Å². The predicted octanol–water partition coefficient (Wildman–Crippen LogP) is 4.21. The number of halogens is 2. The van der Waals surface area contributed by atoms with E-state index in [4.69, 9.17) is 11.6 Å². The highest BCUT2D eigenvalue weighted by molar-refractivity contribution is 7.13. The number of aromatic nitrogens is 2. The van der Waals surface area contributed by atoms with Gasteiger partial charge in [0.05, 0.1) is 6.54 Å². The molecule has 3 aromatic rings. The van der Waals surface area contributed by atoms with Crippen molar-refractivity contribution in [1.82, 2.24) is 15.5 Å². The van der Waals surface area contributed by atoms with Gasteiger partial charge in [0.25, 0.3) is 5.91 Å². The molecule has 144 valence electrons. The van der Waals surface area contributed by atoms with Gasteiger partial charge in [0.15, 0.2) is 0 Å². The van der Waals surface area contributed by atoms with Gasteiger partial charge in [-0.25, -0.2) is 4.39 Å². The van der Waals surface area contributed by atoms with E-state index in [0.29, 0.717) is 18.1 Å². The topological polar surface area (TPSA) is 58.1 Å². The number of fused-ring (bicyclic) bond motifs is 1. The van der Waals surface area contributed by atoms with Gasteiger partial charge < -0.3 is 10.2 Å². The molecule has 0 bridgehead atoms. The molecule has 4 rings (SSSR count). The summed E-state index contributed by atoms with van der Waals surface area (Å²) in [4.78, 5) is 14.6. The zero-order chi connectivity index (χ0) is 19.5. The molecular weight excluding hydrogens is 399 g/mol. The Morgan fingerprint density at radius 1 is 1.21 bits per heavy atom. The minimum Gasteiger partial charge on any atom is -0.364 e. The van der Waals surface area contributed by atoms with E-state index in [0.717, 1.165) is 40.7 Å².